The van der Waals surface area contributed by atoms with Crippen LogP contribution in [0.1, 0.15) is 16.1 Å². The van der Waals surface area contributed by atoms with Crippen molar-refractivity contribution in [3.63, 3.8) is 0 Å². The van der Waals surface area contributed by atoms with E-state index in [-0.39, 0.29) is 17.1 Å². The summed E-state index contributed by atoms with van der Waals surface area (Å²) in [5, 5.41) is 19.4. The second kappa shape index (κ2) is 3.16. The van der Waals surface area contributed by atoms with Crippen molar-refractivity contribution >= 4 is 22.6 Å². The van der Waals surface area contributed by atoms with Gasteiger partial charge in [-0.15, -0.1) is 0 Å². The molecular formula is C12H11NO4. The van der Waals surface area contributed by atoms with E-state index in [1.807, 2.05) is 11.9 Å². The molecule has 0 saturated heterocycles. The van der Waals surface area contributed by atoms with Crippen molar-refractivity contribution < 1.29 is 19.4 Å². The monoisotopic (exact) mass is 233 g/mol. The summed E-state index contributed by atoms with van der Waals surface area (Å²) in [4.78, 5) is 12.9. The predicted octanol–water partition coefficient (Wildman–Crippen LogP) is 1.83. The summed E-state index contributed by atoms with van der Waals surface area (Å²) in [6.45, 7) is 0.863. The van der Waals surface area contributed by atoms with Crippen LogP contribution >= 0.6 is 0 Å². The Morgan fingerprint density at radius 1 is 1.47 bits per heavy atom. The highest BCUT2D eigenvalue weighted by atomic mass is 16.4. The molecule has 88 valence electrons. The Balaban J connectivity index is 2.38. The molecule has 3 rings (SSSR count). The van der Waals surface area contributed by atoms with E-state index in [2.05, 4.69) is 0 Å². The summed E-state index contributed by atoms with van der Waals surface area (Å²) in [5.41, 5.74) is 2.22. The Morgan fingerprint density at radius 3 is 2.94 bits per heavy atom. The summed E-state index contributed by atoms with van der Waals surface area (Å²) in [7, 11) is 1.94. The minimum Gasteiger partial charge on any atom is -0.504 e. The Hall–Kier alpha value is -2.17. The van der Waals surface area contributed by atoms with E-state index in [4.69, 9.17) is 9.52 Å². The maximum atomic E-state index is 10.9. The minimum atomic E-state index is -1.13. The van der Waals surface area contributed by atoms with Crippen LogP contribution in [-0.2, 0) is 6.42 Å². The molecule has 2 aromatic rings. The number of hydrogen-bond donors (Lipinski definition) is 2. The molecule has 5 heteroatoms. The molecule has 0 aliphatic carbocycles. The molecule has 1 aromatic carbocycles. The van der Waals surface area contributed by atoms with E-state index >= 15 is 0 Å². The lowest BCUT2D eigenvalue weighted by Gasteiger charge is -2.12. The molecule has 0 atom stereocenters. The molecule has 0 radical (unpaired) electrons. The Morgan fingerprint density at radius 2 is 2.24 bits per heavy atom. The molecule has 0 unspecified atom stereocenters. The number of nitrogens with zero attached hydrogens (tertiary/aromatic N) is 1. The highest BCUT2D eigenvalue weighted by molar-refractivity contribution is 6.01. The number of carboxylic acid groups (broad SMARTS) is 1. The van der Waals surface area contributed by atoms with Crippen molar-refractivity contribution in [3.05, 3.63) is 23.5 Å². The molecule has 1 aliphatic rings. The van der Waals surface area contributed by atoms with Gasteiger partial charge in [0.2, 0.25) is 5.76 Å². The molecule has 1 aliphatic heterocycles. The zero-order valence-corrected chi connectivity index (χ0v) is 9.23. The number of carbonyl (C=O) groups is 1. The number of phenolic OH excluding ortho intramolecular Hbond substituents is 1. The van der Waals surface area contributed by atoms with Crippen LogP contribution in [0.25, 0.3) is 11.0 Å². The van der Waals surface area contributed by atoms with Gasteiger partial charge in [0.05, 0.1) is 5.69 Å². The van der Waals surface area contributed by atoms with Crippen LogP contribution in [0.15, 0.2) is 16.5 Å². The van der Waals surface area contributed by atoms with Gasteiger partial charge < -0.3 is 19.5 Å². The molecule has 5 nitrogen and oxygen atoms in total. The molecule has 17 heavy (non-hydrogen) atoms. The Kier molecular flexibility index (Phi) is 1.86. The Bertz CT molecular complexity index is 629. The predicted molar refractivity (Wildman–Crippen MR) is 61.8 cm³/mol. The topological polar surface area (TPSA) is 73.9 Å². The third-order valence-corrected chi connectivity index (χ3v) is 3.14. The van der Waals surface area contributed by atoms with Crippen LogP contribution in [0.3, 0.4) is 0 Å². The average molecular weight is 233 g/mol. The number of aromatic hydroxyl groups is 1. The fourth-order valence-electron chi connectivity index (χ4n) is 2.38. The van der Waals surface area contributed by atoms with E-state index < -0.39 is 5.97 Å². The number of rotatable bonds is 1. The first kappa shape index (κ1) is 10.0. The number of hydrogen-bond acceptors (Lipinski definition) is 4. The van der Waals surface area contributed by atoms with Crippen LogP contribution in [0.4, 0.5) is 5.69 Å². The van der Waals surface area contributed by atoms with Gasteiger partial charge >= 0.3 is 5.97 Å². The van der Waals surface area contributed by atoms with Gasteiger partial charge in [-0.3, -0.25) is 0 Å². The lowest BCUT2D eigenvalue weighted by atomic mass is 10.1. The summed E-state index contributed by atoms with van der Waals surface area (Å²) in [6, 6.07) is 3.12. The normalized spacial score (nSPS) is 14.3. The summed E-state index contributed by atoms with van der Waals surface area (Å²) < 4.78 is 5.16. The third-order valence-electron chi connectivity index (χ3n) is 3.14. The van der Waals surface area contributed by atoms with Gasteiger partial charge in [0.1, 0.15) is 0 Å². The molecular weight excluding hydrogens is 222 g/mol. The van der Waals surface area contributed by atoms with E-state index in [9.17, 15) is 9.90 Å². The number of carboxylic acids is 1. The summed E-state index contributed by atoms with van der Waals surface area (Å²) in [5.74, 6) is -1.28. The largest absolute Gasteiger partial charge is 0.504 e. The van der Waals surface area contributed by atoms with E-state index in [1.54, 1.807) is 6.07 Å². The van der Waals surface area contributed by atoms with E-state index in [0.29, 0.717) is 5.39 Å². The minimum absolute atomic E-state index is 0.00144. The van der Waals surface area contributed by atoms with Crippen molar-refractivity contribution in [1.82, 2.24) is 0 Å². The summed E-state index contributed by atoms with van der Waals surface area (Å²) in [6.07, 6.45) is 0.850. The second-order valence-electron chi connectivity index (χ2n) is 4.23. The van der Waals surface area contributed by atoms with Gasteiger partial charge in [-0.05, 0) is 18.1 Å². The number of likely N-dealkylation sites (N-methyl/N-ethyl adjacent to an activating group) is 1. The maximum absolute atomic E-state index is 10.9. The smallest absolute Gasteiger partial charge is 0.371 e. The number of fused-ring (bicyclic) bond motifs is 3. The van der Waals surface area contributed by atoms with Gasteiger partial charge in [0, 0.05) is 25.0 Å². The molecule has 0 fully saturated rings. The first-order chi connectivity index (χ1) is 8.08. The number of aromatic carboxylic acids is 1. The van der Waals surface area contributed by atoms with Crippen molar-refractivity contribution in [2.24, 2.45) is 0 Å². The molecule has 0 spiro atoms. The van der Waals surface area contributed by atoms with Gasteiger partial charge in [-0.25, -0.2) is 4.79 Å². The number of benzene rings is 1. The molecule has 0 bridgehead atoms. The van der Waals surface area contributed by atoms with Crippen molar-refractivity contribution in [2.45, 2.75) is 6.42 Å². The maximum Gasteiger partial charge on any atom is 0.371 e. The first-order valence-electron chi connectivity index (χ1n) is 5.30. The number of furan rings is 1. The highest BCUT2D eigenvalue weighted by Gasteiger charge is 2.24. The summed E-state index contributed by atoms with van der Waals surface area (Å²) >= 11 is 0. The molecule has 0 amide bonds. The first-order valence-corrected chi connectivity index (χ1v) is 5.30. The van der Waals surface area contributed by atoms with Crippen LogP contribution in [-0.4, -0.2) is 29.8 Å². The fraction of sp³-hybridized carbons (Fsp3) is 0.250. The molecule has 2 N–H and O–H groups in total. The fourth-order valence-corrected chi connectivity index (χ4v) is 2.38. The quantitative estimate of drug-likeness (QED) is 0.786. The number of anilines is 1. The van der Waals surface area contributed by atoms with Crippen LogP contribution in [0.5, 0.6) is 5.75 Å². The van der Waals surface area contributed by atoms with Gasteiger partial charge in [-0.2, -0.15) is 0 Å². The lowest BCUT2D eigenvalue weighted by molar-refractivity contribution is 0.0665. The standard InChI is InChI=1S/C12H11NO4/c1-13-3-2-6-4-8(14)11-7(10(6)13)5-9(17-11)12(15)16/h4-5,14H,2-3H2,1H3,(H,15,16). The molecule has 2 heterocycles. The molecule has 0 saturated carbocycles. The Labute approximate surface area is 96.9 Å². The van der Waals surface area contributed by atoms with Gasteiger partial charge in [0.25, 0.3) is 0 Å². The zero-order valence-electron chi connectivity index (χ0n) is 9.23. The SMILES string of the molecule is CN1CCc2cc(O)c3oc(C(=O)O)cc3c21. The second-order valence-corrected chi connectivity index (χ2v) is 4.23. The van der Waals surface area contributed by atoms with Crippen LogP contribution in [0.2, 0.25) is 0 Å². The van der Waals surface area contributed by atoms with Crippen molar-refractivity contribution in [1.29, 1.82) is 0 Å². The van der Waals surface area contributed by atoms with Gasteiger partial charge in [0.15, 0.2) is 11.3 Å². The van der Waals surface area contributed by atoms with Crippen molar-refractivity contribution in [3.8, 4) is 5.75 Å². The number of phenols is 1. The van der Waals surface area contributed by atoms with Crippen molar-refractivity contribution in [2.75, 3.05) is 18.5 Å². The zero-order chi connectivity index (χ0) is 12.2. The molecule has 1 aromatic heterocycles. The lowest BCUT2D eigenvalue weighted by Crippen LogP contribution is -2.12. The average Bonchev–Trinajstić information content (AvgIpc) is 2.83. The third kappa shape index (κ3) is 1.28. The van der Waals surface area contributed by atoms with Crippen LogP contribution < -0.4 is 4.90 Å². The van der Waals surface area contributed by atoms with E-state index in [1.165, 1.54) is 6.07 Å². The van der Waals surface area contributed by atoms with E-state index in [0.717, 1.165) is 24.2 Å². The highest BCUT2D eigenvalue weighted by Crippen LogP contribution is 2.41. The van der Waals surface area contributed by atoms with Gasteiger partial charge in [-0.1, -0.05) is 0 Å². The van der Waals surface area contributed by atoms with Crippen LogP contribution in [0, 0.1) is 0 Å².